The summed E-state index contributed by atoms with van der Waals surface area (Å²) in [5.41, 5.74) is 6.21. The van der Waals surface area contributed by atoms with E-state index in [-0.39, 0.29) is 26.1 Å². The predicted molar refractivity (Wildman–Crippen MR) is 175 cm³/mol. The predicted octanol–water partition coefficient (Wildman–Crippen LogP) is 5.58. The average molecular weight is 651 g/mol. The lowest BCUT2D eigenvalue weighted by atomic mass is 9.94. The highest BCUT2D eigenvalue weighted by Gasteiger charge is 2.49. The van der Waals surface area contributed by atoms with Crippen LogP contribution < -0.4 is 15.8 Å². The molecule has 5 N–H and O–H groups in total. The van der Waals surface area contributed by atoms with E-state index in [4.69, 9.17) is 15.2 Å². The van der Waals surface area contributed by atoms with Crippen LogP contribution in [0.1, 0.15) is 109 Å². The number of nitrogens with one attached hydrogen (secondary N) is 1. The first-order valence-corrected chi connectivity index (χ1v) is 16.7. The van der Waals surface area contributed by atoms with Crippen LogP contribution in [-0.4, -0.2) is 65.5 Å². The second-order valence-electron chi connectivity index (χ2n) is 11.6. The third kappa shape index (κ3) is 16.3. The van der Waals surface area contributed by atoms with Gasteiger partial charge in [-0.25, -0.2) is 4.79 Å². The van der Waals surface area contributed by atoms with E-state index in [1.165, 1.54) is 25.3 Å². The highest BCUT2D eigenvalue weighted by Crippen LogP contribution is 2.24. The van der Waals surface area contributed by atoms with Gasteiger partial charge in [0.25, 0.3) is 5.79 Å². The van der Waals surface area contributed by atoms with Crippen LogP contribution >= 0.6 is 0 Å². The van der Waals surface area contributed by atoms with E-state index in [0.29, 0.717) is 42.8 Å². The number of allylic oxidation sites excluding steroid dienone is 1. The number of unbranched alkanes of at least 4 members (excludes halogenated alkanes) is 8. The van der Waals surface area contributed by atoms with Gasteiger partial charge in [0.15, 0.2) is 0 Å². The molecule has 2 amide bonds. The first-order valence-electron chi connectivity index (χ1n) is 16.7. The lowest BCUT2D eigenvalue weighted by Gasteiger charge is -2.30. The van der Waals surface area contributed by atoms with Crippen molar-refractivity contribution in [3.63, 3.8) is 0 Å². The van der Waals surface area contributed by atoms with E-state index < -0.39 is 42.2 Å². The van der Waals surface area contributed by atoms with E-state index in [2.05, 4.69) is 12.2 Å². The van der Waals surface area contributed by atoms with E-state index in [0.717, 1.165) is 38.5 Å². The number of carboxylic acid groups (broad SMARTS) is 1. The smallest absolute Gasteiger partial charge is 0.365 e. The summed E-state index contributed by atoms with van der Waals surface area (Å²) in [6.45, 7) is 3.51. The number of halogens is 1. The highest BCUT2D eigenvalue weighted by molar-refractivity contribution is 5.92. The minimum atomic E-state index is -2.87. The number of rotatable bonds is 28. The fourth-order valence-electron chi connectivity index (χ4n) is 4.84. The SMILES string of the molecule is CCCCCCCC(=O)CCCCCC/C=C/[C@H](C(=O)N[C@@H](Cc1ccc(OCCCF)cc1)C(N)=O)[C@@](O)(OCCC)C(=O)O. The molecule has 0 saturated carbocycles. The molecule has 0 bridgehead atoms. The summed E-state index contributed by atoms with van der Waals surface area (Å²) < 4.78 is 23.0. The molecule has 46 heavy (non-hydrogen) atoms. The van der Waals surface area contributed by atoms with Gasteiger partial charge in [0, 0.05) is 25.7 Å². The quantitative estimate of drug-likeness (QED) is 0.0518. The standard InChI is InChI=1S/C35H55FN2O8/c1-3-5-6-9-12-16-28(39)17-13-10-7-8-11-14-18-30(35(44,34(42)43)46-24-4-2)33(41)38-31(32(37)40)26-27-19-21-29(22-20-27)45-25-15-23-36/h14,18-22,30-31,44H,3-13,15-17,23-26H2,1-2H3,(H2,37,40)(H,38,41)(H,42,43)/b18-14+/t30-,31+,35-/m1/s1. The molecule has 0 unspecified atom stereocenters. The van der Waals surface area contributed by atoms with Crippen molar-refractivity contribution in [2.24, 2.45) is 11.7 Å². The van der Waals surface area contributed by atoms with E-state index >= 15 is 0 Å². The lowest BCUT2D eigenvalue weighted by Crippen LogP contribution is -2.56. The number of hydrogen-bond donors (Lipinski definition) is 4. The zero-order chi connectivity index (χ0) is 34.2. The van der Waals surface area contributed by atoms with Gasteiger partial charge in [-0.2, -0.15) is 0 Å². The van der Waals surface area contributed by atoms with Crippen LogP contribution in [0.4, 0.5) is 4.39 Å². The Bertz CT molecular complexity index is 1070. The highest BCUT2D eigenvalue weighted by atomic mass is 19.1. The van der Waals surface area contributed by atoms with E-state index in [1.54, 1.807) is 37.3 Å². The van der Waals surface area contributed by atoms with Gasteiger partial charge in [0.1, 0.15) is 23.5 Å². The van der Waals surface area contributed by atoms with Crippen molar-refractivity contribution in [2.75, 3.05) is 19.9 Å². The molecule has 1 aromatic carbocycles. The first kappa shape index (κ1) is 40.7. The van der Waals surface area contributed by atoms with Crippen molar-refractivity contribution in [1.82, 2.24) is 5.32 Å². The van der Waals surface area contributed by atoms with Crippen molar-refractivity contribution in [2.45, 2.75) is 122 Å². The third-order valence-electron chi connectivity index (χ3n) is 7.57. The molecular weight excluding hydrogens is 595 g/mol. The minimum absolute atomic E-state index is 0.00491. The van der Waals surface area contributed by atoms with Crippen LogP contribution in [-0.2, 0) is 30.3 Å². The molecule has 0 fully saturated rings. The number of aliphatic hydroxyl groups is 1. The molecule has 1 rings (SSSR count). The number of Topliss-reactive ketones (excluding diaryl/α,β-unsaturated/α-hetero) is 1. The number of carbonyl (C=O) groups excluding carboxylic acids is 3. The van der Waals surface area contributed by atoms with Gasteiger partial charge in [0.2, 0.25) is 11.8 Å². The zero-order valence-corrected chi connectivity index (χ0v) is 27.6. The molecule has 0 radical (unpaired) electrons. The molecule has 0 aliphatic rings. The Labute approximate surface area is 273 Å². The fraction of sp³-hybridized carbons (Fsp3) is 0.657. The van der Waals surface area contributed by atoms with Crippen molar-refractivity contribution < 1.29 is 43.3 Å². The number of alkyl halides is 1. The van der Waals surface area contributed by atoms with Crippen LogP contribution in [0.2, 0.25) is 0 Å². The number of aliphatic carboxylic acids is 1. The number of nitrogens with two attached hydrogens (primary N) is 1. The second-order valence-corrected chi connectivity index (χ2v) is 11.6. The molecular formula is C35H55FN2O8. The molecule has 11 heteroatoms. The molecule has 10 nitrogen and oxygen atoms in total. The number of carboxylic acids is 1. The summed E-state index contributed by atoms with van der Waals surface area (Å²) in [6.07, 6.45) is 14.2. The van der Waals surface area contributed by atoms with Crippen LogP contribution in [0.15, 0.2) is 36.4 Å². The molecule has 260 valence electrons. The Morgan fingerprint density at radius 2 is 1.54 bits per heavy atom. The average Bonchev–Trinajstić information content (AvgIpc) is 3.03. The summed E-state index contributed by atoms with van der Waals surface area (Å²) in [7, 11) is 0. The Balaban J connectivity index is 2.80. The van der Waals surface area contributed by atoms with E-state index in [9.17, 15) is 33.8 Å². The van der Waals surface area contributed by atoms with Crippen molar-refractivity contribution in [3.8, 4) is 5.75 Å². The van der Waals surface area contributed by atoms with Gasteiger partial charge >= 0.3 is 5.97 Å². The molecule has 0 aromatic heterocycles. The zero-order valence-electron chi connectivity index (χ0n) is 27.6. The second kappa shape index (κ2) is 23.9. The number of carbonyl (C=O) groups is 4. The van der Waals surface area contributed by atoms with Crippen LogP contribution in [0.5, 0.6) is 5.75 Å². The first-order chi connectivity index (χ1) is 22.1. The van der Waals surface area contributed by atoms with Crippen LogP contribution in [0.25, 0.3) is 0 Å². The summed E-state index contributed by atoms with van der Waals surface area (Å²) in [5.74, 6) is -7.23. The van der Waals surface area contributed by atoms with Gasteiger partial charge in [0.05, 0.1) is 19.9 Å². The number of ether oxygens (including phenoxy) is 2. The normalized spacial score (nSPS) is 14.0. The number of benzene rings is 1. The van der Waals surface area contributed by atoms with Crippen molar-refractivity contribution in [3.05, 3.63) is 42.0 Å². The summed E-state index contributed by atoms with van der Waals surface area (Å²) in [6, 6.07) is 5.44. The molecule has 0 aliphatic heterocycles. The monoisotopic (exact) mass is 650 g/mol. The largest absolute Gasteiger partial charge is 0.494 e. The number of ketones is 1. The Kier molecular flexibility index (Phi) is 21.2. The van der Waals surface area contributed by atoms with E-state index in [1.807, 2.05) is 0 Å². The number of amides is 2. The molecule has 3 atom stereocenters. The maximum Gasteiger partial charge on any atom is 0.365 e. The summed E-state index contributed by atoms with van der Waals surface area (Å²) >= 11 is 0. The van der Waals surface area contributed by atoms with Gasteiger partial charge in [-0.1, -0.05) is 76.7 Å². The molecule has 1 aromatic rings. The molecule has 0 heterocycles. The topological polar surface area (TPSA) is 165 Å². The van der Waals surface area contributed by atoms with Crippen LogP contribution in [0, 0.1) is 5.92 Å². The number of hydrogen-bond acceptors (Lipinski definition) is 7. The van der Waals surface area contributed by atoms with Crippen molar-refractivity contribution >= 4 is 23.6 Å². The van der Waals surface area contributed by atoms with Gasteiger partial charge in [-0.05, 0) is 49.8 Å². The van der Waals surface area contributed by atoms with Crippen molar-refractivity contribution in [1.29, 1.82) is 0 Å². The minimum Gasteiger partial charge on any atom is -0.494 e. The Morgan fingerprint density at radius 1 is 0.913 bits per heavy atom. The summed E-state index contributed by atoms with van der Waals surface area (Å²) in [5, 5.41) is 23.4. The Hall–Kier alpha value is -3.31. The molecule has 0 spiro atoms. The maximum atomic E-state index is 13.4. The number of primary amides is 1. The fourth-order valence-corrected chi connectivity index (χ4v) is 4.84. The third-order valence-corrected chi connectivity index (χ3v) is 7.57. The maximum absolute atomic E-state index is 13.4. The van der Waals surface area contributed by atoms with Gasteiger partial charge in [-0.15, -0.1) is 0 Å². The molecule has 0 saturated heterocycles. The molecule has 0 aliphatic carbocycles. The van der Waals surface area contributed by atoms with Gasteiger partial charge in [-0.3, -0.25) is 18.8 Å². The Morgan fingerprint density at radius 3 is 2.11 bits per heavy atom. The van der Waals surface area contributed by atoms with Gasteiger partial charge < -0.3 is 30.7 Å². The van der Waals surface area contributed by atoms with Crippen LogP contribution in [0.3, 0.4) is 0 Å². The summed E-state index contributed by atoms with van der Waals surface area (Å²) in [4.78, 5) is 49.9. The lowest BCUT2D eigenvalue weighted by molar-refractivity contribution is -0.237.